The number of benzene rings is 3. The summed E-state index contributed by atoms with van der Waals surface area (Å²) in [5, 5.41) is 5.71. The van der Waals surface area contributed by atoms with Gasteiger partial charge in [-0.1, -0.05) is 36.4 Å². The Morgan fingerprint density at radius 1 is 0.821 bits per heavy atom. The number of hydrogen-bond donors (Lipinski definition) is 2. The summed E-state index contributed by atoms with van der Waals surface area (Å²) in [5.74, 6) is 0.329. The number of amides is 2. The van der Waals surface area contributed by atoms with E-state index in [4.69, 9.17) is 4.74 Å². The summed E-state index contributed by atoms with van der Waals surface area (Å²) in [4.78, 5) is 24.8. The van der Waals surface area contributed by atoms with Crippen LogP contribution in [0.15, 0.2) is 78.9 Å². The van der Waals surface area contributed by atoms with E-state index >= 15 is 0 Å². The van der Waals surface area contributed by atoms with Crippen LogP contribution >= 0.6 is 0 Å². The van der Waals surface area contributed by atoms with Gasteiger partial charge in [-0.05, 0) is 54.4 Å². The number of carbonyl (C=O) groups is 2. The van der Waals surface area contributed by atoms with Crippen molar-refractivity contribution in [3.8, 4) is 5.75 Å². The van der Waals surface area contributed by atoms with Crippen LogP contribution in [0.5, 0.6) is 5.75 Å². The highest BCUT2D eigenvalue weighted by Crippen LogP contribution is 2.13. The van der Waals surface area contributed by atoms with Crippen LogP contribution in [0.25, 0.3) is 0 Å². The largest absolute Gasteiger partial charge is 0.497 e. The number of anilines is 1. The van der Waals surface area contributed by atoms with Gasteiger partial charge in [0.25, 0.3) is 11.8 Å². The highest BCUT2D eigenvalue weighted by molar-refractivity contribution is 6.06. The highest BCUT2D eigenvalue weighted by Gasteiger charge is 2.10. The molecule has 0 saturated heterocycles. The van der Waals surface area contributed by atoms with Crippen LogP contribution in [0.1, 0.15) is 26.3 Å². The van der Waals surface area contributed by atoms with Crippen molar-refractivity contribution in [2.75, 3.05) is 19.0 Å². The van der Waals surface area contributed by atoms with E-state index in [1.807, 2.05) is 54.6 Å². The molecule has 0 aromatic heterocycles. The Labute approximate surface area is 164 Å². The molecule has 2 amide bonds. The molecular formula is C23H22N2O3. The van der Waals surface area contributed by atoms with Gasteiger partial charge in [0.2, 0.25) is 0 Å². The molecule has 5 heteroatoms. The van der Waals surface area contributed by atoms with E-state index in [1.54, 1.807) is 31.4 Å². The molecule has 0 bridgehead atoms. The fourth-order valence-corrected chi connectivity index (χ4v) is 2.78. The average Bonchev–Trinajstić information content (AvgIpc) is 2.74. The zero-order valence-electron chi connectivity index (χ0n) is 15.6. The first kappa shape index (κ1) is 19.2. The zero-order chi connectivity index (χ0) is 19.8. The number of rotatable bonds is 7. The van der Waals surface area contributed by atoms with Gasteiger partial charge in [0.1, 0.15) is 5.75 Å². The van der Waals surface area contributed by atoms with Crippen LogP contribution in [0.2, 0.25) is 0 Å². The summed E-state index contributed by atoms with van der Waals surface area (Å²) in [6.07, 6.45) is 0.692. The molecule has 0 aliphatic heterocycles. The quantitative estimate of drug-likeness (QED) is 0.659. The van der Waals surface area contributed by atoms with Gasteiger partial charge in [-0.3, -0.25) is 9.59 Å². The van der Waals surface area contributed by atoms with Crippen LogP contribution in [0.4, 0.5) is 5.69 Å². The lowest BCUT2D eigenvalue weighted by molar-refractivity contribution is 0.0954. The van der Waals surface area contributed by atoms with Crippen LogP contribution in [-0.4, -0.2) is 25.5 Å². The van der Waals surface area contributed by atoms with Gasteiger partial charge < -0.3 is 15.4 Å². The number of carbonyl (C=O) groups excluding carboxylic acids is 2. The number of ether oxygens (including phenoxy) is 1. The molecule has 0 spiro atoms. The minimum absolute atomic E-state index is 0.211. The van der Waals surface area contributed by atoms with Crippen LogP contribution < -0.4 is 15.4 Å². The monoisotopic (exact) mass is 374 g/mol. The summed E-state index contributed by atoms with van der Waals surface area (Å²) in [7, 11) is 1.63. The molecule has 0 atom stereocenters. The predicted octanol–water partition coefficient (Wildman–Crippen LogP) is 3.92. The van der Waals surface area contributed by atoms with E-state index in [-0.39, 0.29) is 11.8 Å². The second kappa shape index (κ2) is 9.37. The standard InChI is InChI=1S/C23H22N2O3/c1-28-21-12-5-7-17(15-21)13-14-24-22(26)18-8-6-9-19(16-18)23(27)25-20-10-3-2-4-11-20/h2-12,15-16H,13-14H2,1H3,(H,24,26)(H,25,27). The van der Waals surface area contributed by atoms with Crippen molar-refractivity contribution in [2.24, 2.45) is 0 Å². The minimum atomic E-state index is -0.253. The van der Waals surface area contributed by atoms with E-state index < -0.39 is 0 Å². The third kappa shape index (κ3) is 5.20. The molecule has 28 heavy (non-hydrogen) atoms. The third-order valence-corrected chi connectivity index (χ3v) is 4.25. The molecule has 0 aliphatic rings. The lowest BCUT2D eigenvalue weighted by atomic mass is 10.1. The van der Waals surface area contributed by atoms with E-state index in [0.717, 1.165) is 11.3 Å². The van der Waals surface area contributed by atoms with E-state index in [2.05, 4.69) is 10.6 Å². The zero-order valence-corrected chi connectivity index (χ0v) is 15.6. The van der Waals surface area contributed by atoms with E-state index in [9.17, 15) is 9.59 Å². The molecular weight excluding hydrogens is 352 g/mol. The Hall–Kier alpha value is -3.60. The predicted molar refractivity (Wildman–Crippen MR) is 110 cm³/mol. The first-order chi connectivity index (χ1) is 13.7. The number of para-hydroxylation sites is 1. The van der Waals surface area contributed by atoms with Crippen molar-refractivity contribution in [2.45, 2.75) is 6.42 Å². The van der Waals surface area contributed by atoms with Gasteiger partial charge in [-0.25, -0.2) is 0 Å². The first-order valence-corrected chi connectivity index (χ1v) is 9.03. The summed E-state index contributed by atoms with van der Waals surface area (Å²) in [6.45, 7) is 0.493. The number of methoxy groups -OCH3 is 1. The van der Waals surface area contributed by atoms with E-state index in [0.29, 0.717) is 29.8 Å². The second-order valence-corrected chi connectivity index (χ2v) is 6.26. The lowest BCUT2D eigenvalue weighted by Gasteiger charge is -2.09. The lowest BCUT2D eigenvalue weighted by Crippen LogP contribution is -2.26. The van der Waals surface area contributed by atoms with Gasteiger partial charge in [0.05, 0.1) is 7.11 Å². The van der Waals surface area contributed by atoms with E-state index in [1.165, 1.54) is 0 Å². The van der Waals surface area contributed by atoms with Crippen molar-refractivity contribution in [1.29, 1.82) is 0 Å². The summed E-state index contributed by atoms with van der Waals surface area (Å²) in [6, 6.07) is 23.6. The van der Waals surface area contributed by atoms with Crippen molar-refractivity contribution >= 4 is 17.5 Å². The maximum Gasteiger partial charge on any atom is 0.255 e. The summed E-state index contributed by atoms with van der Waals surface area (Å²) >= 11 is 0. The molecule has 3 aromatic rings. The summed E-state index contributed by atoms with van der Waals surface area (Å²) < 4.78 is 5.20. The Kier molecular flexibility index (Phi) is 6.41. The Morgan fingerprint density at radius 2 is 1.54 bits per heavy atom. The molecule has 5 nitrogen and oxygen atoms in total. The van der Waals surface area contributed by atoms with Crippen molar-refractivity contribution < 1.29 is 14.3 Å². The second-order valence-electron chi connectivity index (χ2n) is 6.26. The molecule has 0 radical (unpaired) electrons. The van der Waals surface area contributed by atoms with Crippen molar-refractivity contribution in [3.63, 3.8) is 0 Å². The molecule has 3 aromatic carbocycles. The SMILES string of the molecule is COc1cccc(CCNC(=O)c2cccc(C(=O)Nc3ccccc3)c2)c1. The maximum atomic E-state index is 12.4. The highest BCUT2D eigenvalue weighted by atomic mass is 16.5. The first-order valence-electron chi connectivity index (χ1n) is 9.03. The molecule has 0 fully saturated rings. The minimum Gasteiger partial charge on any atom is -0.497 e. The number of nitrogens with one attached hydrogen (secondary N) is 2. The van der Waals surface area contributed by atoms with Crippen molar-refractivity contribution in [1.82, 2.24) is 5.32 Å². The van der Waals surface area contributed by atoms with Gasteiger partial charge in [0.15, 0.2) is 0 Å². The Balaban J connectivity index is 1.58. The smallest absolute Gasteiger partial charge is 0.255 e. The fraction of sp³-hybridized carbons (Fsp3) is 0.130. The molecule has 0 unspecified atom stereocenters. The topological polar surface area (TPSA) is 67.4 Å². The van der Waals surface area contributed by atoms with Crippen LogP contribution in [0.3, 0.4) is 0 Å². The van der Waals surface area contributed by atoms with Gasteiger partial charge in [-0.15, -0.1) is 0 Å². The summed E-state index contributed by atoms with van der Waals surface area (Å²) in [5.41, 5.74) is 2.67. The van der Waals surface area contributed by atoms with Gasteiger partial charge >= 0.3 is 0 Å². The molecule has 0 heterocycles. The normalized spacial score (nSPS) is 10.2. The fourth-order valence-electron chi connectivity index (χ4n) is 2.78. The maximum absolute atomic E-state index is 12.4. The van der Waals surface area contributed by atoms with Gasteiger partial charge in [-0.2, -0.15) is 0 Å². The van der Waals surface area contributed by atoms with Crippen molar-refractivity contribution in [3.05, 3.63) is 95.6 Å². The molecule has 2 N–H and O–H groups in total. The Bertz CT molecular complexity index is 955. The van der Waals surface area contributed by atoms with Crippen LogP contribution in [-0.2, 0) is 6.42 Å². The molecule has 142 valence electrons. The van der Waals surface area contributed by atoms with Gasteiger partial charge in [0, 0.05) is 23.4 Å². The average molecular weight is 374 g/mol. The number of hydrogen-bond acceptors (Lipinski definition) is 3. The molecule has 3 rings (SSSR count). The Morgan fingerprint density at radius 3 is 2.29 bits per heavy atom. The van der Waals surface area contributed by atoms with Crippen LogP contribution in [0, 0.1) is 0 Å². The molecule has 0 saturated carbocycles. The molecule has 0 aliphatic carbocycles. The third-order valence-electron chi connectivity index (χ3n) is 4.25.